The van der Waals surface area contributed by atoms with E-state index in [-0.39, 0.29) is 30.6 Å². The van der Waals surface area contributed by atoms with Gasteiger partial charge in [0.1, 0.15) is 6.04 Å². The average molecular weight is 735 g/mol. The van der Waals surface area contributed by atoms with Crippen molar-refractivity contribution in [1.29, 1.82) is 5.26 Å². The number of benzene rings is 5. The van der Waals surface area contributed by atoms with E-state index in [1.165, 1.54) is 51.4 Å². The molecule has 0 aliphatic heterocycles. The van der Waals surface area contributed by atoms with Gasteiger partial charge in [0.05, 0.1) is 11.6 Å². The molecule has 0 heterocycles. The second-order valence-electron chi connectivity index (χ2n) is 14.3. The molecule has 1 atom stereocenters. The number of nitriles is 1. The molecule has 3 amide bonds. The van der Waals surface area contributed by atoms with Crippen LogP contribution >= 0.6 is 0 Å². The first-order chi connectivity index (χ1) is 26.9. The summed E-state index contributed by atoms with van der Waals surface area (Å²) in [4.78, 5) is 39.1. The minimum Gasteiger partial charge on any atom is -0.354 e. The minimum atomic E-state index is -0.733. The van der Waals surface area contributed by atoms with E-state index in [1.807, 2.05) is 72.8 Å². The van der Waals surface area contributed by atoms with E-state index in [0.717, 1.165) is 51.1 Å². The second-order valence-corrected chi connectivity index (χ2v) is 14.3. The van der Waals surface area contributed by atoms with E-state index in [9.17, 15) is 19.6 Å². The first-order valence-electron chi connectivity index (χ1n) is 20.0. The summed E-state index contributed by atoms with van der Waals surface area (Å²) in [6.45, 7) is 2.81. The summed E-state index contributed by atoms with van der Waals surface area (Å²) in [5.74, 6) is -0.881. The molecule has 0 aliphatic carbocycles. The van der Waals surface area contributed by atoms with Crippen molar-refractivity contribution in [2.24, 2.45) is 0 Å². The van der Waals surface area contributed by atoms with Crippen LogP contribution in [-0.2, 0) is 20.8 Å². The van der Waals surface area contributed by atoms with Gasteiger partial charge in [-0.2, -0.15) is 5.26 Å². The lowest BCUT2D eigenvalue weighted by Crippen LogP contribution is -2.48. The van der Waals surface area contributed by atoms with Gasteiger partial charge in [-0.3, -0.25) is 14.4 Å². The third kappa shape index (κ3) is 12.7. The van der Waals surface area contributed by atoms with Crippen LogP contribution in [0.1, 0.15) is 101 Å². The van der Waals surface area contributed by atoms with Crippen LogP contribution in [0.3, 0.4) is 0 Å². The standard InChI is InChI=1S/C48H54N4O3/c1-2-3-4-5-6-7-8-9-10-18-31-50-48(55)45(32-36-19-12-11-13-20-36)52-47(54)30-29-46(53)51-41-27-25-37(26-28-41)40(35-49)34-44-42-23-16-14-21-38(42)33-39-22-15-17-24-43(39)44/h11-17,19-28,33-34,45H,2-10,18,29-32H2,1H3,(H,50,55)(H,51,53)(H,52,54)/b40-34+/t45-/m0/s1. The number of hydrogen-bond acceptors (Lipinski definition) is 4. The van der Waals surface area contributed by atoms with Crippen molar-refractivity contribution in [2.75, 3.05) is 11.9 Å². The van der Waals surface area contributed by atoms with Gasteiger partial charge in [-0.05, 0) is 68.9 Å². The van der Waals surface area contributed by atoms with Crippen LogP contribution in [0, 0.1) is 11.3 Å². The van der Waals surface area contributed by atoms with Crippen molar-refractivity contribution >= 4 is 56.6 Å². The Bertz CT molecular complexity index is 2030. The number of rotatable bonds is 21. The van der Waals surface area contributed by atoms with Gasteiger partial charge in [0, 0.05) is 31.5 Å². The van der Waals surface area contributed by atoms with Crippen LogP contribution in [-0.4, -0.2) is 30.3 Å². The molecule has 284 valence electrons. The van der Waals surface area contributed by atoms with Crippen molar-refractivity contribution in [3.05, 3.63) is 126 Å². The highest BCUT2D eigenvalue weighted by Crippen LogP contribution is 2.32. The Morgan fingerprint density at radius 3 is 1.85 bits per heavy atom. The third-order valence-corrected chi connectivity index (χ3v) is 10.0. The largest absolute Gasteiger partial charge is 0.354 e. The Balaban J connectivity index is 1.11. The molecule has 5 aromatic carbocycles. The fourth-order valence-electron chi connectivity index (χ4n) is 6.99. The van der Waals surface area contributed by atoms with Crippen LogP contribution in [0.15, 0.2) is 109 Å². The number of unbranched alkanes of at least 4 members (excludes halogenated alkanes) is 9. The minimum absolute atomic E-state index is 0.0383. The van der Waals surface area contributed by atoms with E-state index < -0.39 is 6.04 Å². The van der Waals surface area contributed by atoms with Gasteiger partial charge in [0.25, 0.3) is 0 Å². The van der Waals surface area contributed by atoms with Gasteiger partial charge in [0.2, 0.25) is 17.7 Å². The number of allylic oxidation sites excluding steroid dienone is 1. The zero-order valence-corrected chi connectivity index (χ0v) is 32.1. The molecular formula is C48H54N4O3. The maximum absolute atomic E-state index is 13.2. The lowest BCUT2D eigenvalue weighted by Gasteiger charge is -2.19. The van der Waals surface area contributed by atoms with Crippen LogP contribution in [0.4, 0.5) is 5.69 Å². The first-order valence-corrected chi connectivity index (χ1v) is 20.0. The molecule has 5 rings (SSSR count). The Morgan fingerprint density at radius 1 is 0.673 bits per heavy atom. The average Bonchev–Trinajstić information content (AvgIpc) is 3.21. The number of nitrogens with one attached hydrogen (secondary N) is 3. The lowest BCUT2D eigenvalue weighted by atomic mass is 9.94. The van der Waals surface area contributed by atoms with Gasteiger partial charge in [-0.1, -0.05) is 156 Å². The molecule has 0 aromatic heterocycles. The molecule has 0 radical (unpaired) electrons. The molecule has 0 saturated heterocycles. The molecule has 0 fully saturated rings. The molecule has 0 bridgehead atoms. The monoisotopic (exact) mass is 734 g/mol. The zero-order valence-electron chi connectivity index (χ0n) is 32.1. The molecule has 5 aromatic rings. The maximum Gasteiger partial charge on any atom is 0.242 e. The summed E-state index contributed by atoms with van der Waals surface area (Å²) in [7, 11) is 0. The molecule has 55 heavy (non-hydrogen) atoms. The predicted octanol–water partition coefficient (Wildman–Crippen LogP) is 10.5. The molecule has 7 nitrogen and oxygen atoms in total. The highest BCUT2D eigenvalue weighted by atomic mass is 16.2. The van der Waals surface area contributed by atoms with Gasteiger partial charge < -0.3 is 16.0 Å². The third-order valence-electron chi connectivity index (χ3n) is 10.0. The Hall–Kier alpha value is -5.74. The van der Waals surface area contributed by atoms with Crippen LogP contribution in [0.25, 0.3) is 33.2 Å². The topological polar surface area (TPSA) is 111 Å². The fraction of sp³-hybridized carbons (Fsp3) is 0.333. The smallest absolute Gasteiger partial charge is 0.242 e. The molecule has 0 spiro atoms. The summed E-state index contributed by atoms with van der Waals surface area (Å²) in [6, 6.07) is 36.9. The van der Waals surface area contributed by atoms with Gasteiger partial charge in [-0.15, -0.1) is 0 Å². The number of fused-ring (bicyclic) bond motifs is 2. The predicted molar refractivity (Wildman–Crippen MR) is 226 cm³/mol. The van der Waals surface area contributed by atoms with E-state index in [0.29, 0.717) is 24.2 Å². The summed E-state index contributed by atoms with van der Waals surface area (Å²) in [5.41, 5.74) is 3.73. The second kappa shape index (κ2) is 21.8. The van der Waals surface area contributed by atoms with Crippen molar-refractivity contribution < 1.29 is 14.4 Å². The van der Waals surface area contributed by atoms with E-state index >= 15 is 0 Å². The number of amides is 3. The molecule has 7 heteroatoms. The Kier molecular flexibility index (Phi) is 16.1. The van der Waals surface area contributed by atoms with Gasteiger partial charge >= 0.3 is 0 Å². The molecule has 3 N–H and O–H groups in total. The highest BCUT2D eigenvalue weighted by Gasteiger charge is 2.21. The Morgan fingerprint density at radius 2 is 1.24 bits per heavy atom. The summed E-state index contributed by atoms with van der Waals surface area (Å²) >= 11 is 0. The van der Waals surface area contributed by atoms with Crippen molar-refractivity contribution in [1.82, 2.24) is 10.6 Å². The molecule has 0 unspecified atom stereocenters. The van der Waals surface area contributed by atoms with Crippen LogP contribution in [0.2, 0.25) is 0 Å². The van der Waals surface area contributed by atoms with E-state index in [2.05, 4.69) is 59.3 Å². The summed E-state index contributed by atoms with van der Waals surface area (Å²) in [5, 5.41) is 23.3. The van der Waals surface area contributed by atoms with E-state index in [1.54, 1.807) is 12.1 Å². The molecule has 0 saturated carbocycles. The molecular weight excluding hydrogens is 681 g/mol. The number of carbonyl (C=O) groups is 3. The van der Waals surface area contributed by atoms with E-state index in [4.69, 9.17) is 0 Å². The van der Waals surface area contributed by atoms with Crippen LogP contribution < -0.4 is 16.0 Å². The van der Waals surface area contributed by atoms with Crippen molar-refractivity contribution in [2.45, 2.75) is 96.4 Å². The number of nitrogens with zero attached hydrogens (tertiary/aromatic N) is 1. The number of anilines is 1. The van der Waals surface area contributed by atoms with Crippen molar-refractivity contribution in [3.8, 4) is 6.07 Å². The normalized spacial score (nSPS) is 11.9. The van der Waals surface area contributed by atoms with Gasteiger partial charge in [-0.25, -0.2) is 0 Å². The maximum atomic E-state index is 13.2. The fourth-order valence-corrected chi connectivity index (χ4v) is 6.99. The molecule has 0 aliphatic rings. The quantitative estimate of drug-likeness (QED) is 0.0302. The van der Waals surface area contributed by atoms with Gasteiger partial charge in [0.15, 0.2) is 0 Å². The van der Waals surface area contributed by atoms with Crippen LogP contribution in [0.5, 0.6) is 0 Å². The summed E-state index contributed by atoms with van der Waals surface area (Å²) in [6.07, 6.45) is 14.4. The first kappa shape index (κ1) is 40.4. The lowest BCUT2D eigenvalue weighted by molar-refractivity contribution is -0.129. The zero-order chi connectivity index (χ0) is 38.7. The summed E-state index contributed by atoms with van der Waals surface area (Å²) < 4.78 is 0. The Labute approximate surface area is 326 Å². The highest BCUT2D eigenvalue weighted by molar-refractivity contribution is 6.10. The van der Waals surface area contributed by atoms with Crippen molar-refractivity contribution in [3.63, 3.8) is 0 Å². The SMILES string of the molecule is CCCCCCCCCCCCNC(=O)[C@H](Cc1ccccc1)NC(=O)CCC(=O)Nc1ccc(/C(C#N)=C/c2c3ccccc3cc3ccccc23)cc1. The number of hydrogen-bond donors (Lipinski definition) is 3. The number of carbonyl (C=O) groups excluding carboxylic acids is 3.